The Morgan fingerprint density at radius 2 is 1.89 bits per heavy atom. The highest BCUT2D eigenvalue weighted by Gasteiger charge is 2.27. The largest absolute Gasteiger partial charge is 0.326 e. The summed E-state index contributed by atoms with van der Waals surface area (Å²) in [6, 6.07) is 13.3. The lowest BCUT2D eigenvalue weighted by Gasteiger charge is -2.31. The Kier molecular flexibility index (Phi) is 6.70. The zero-order valence-electron chi connectivity index (χ0n) is 16.3. The third-order valence-electron chi connectivity index (χ3n) is 4.98. The van der Waals surface area contributed by atoms with Gasteiger partial charge in [-0.3, -0.25) is 14.5 Å². The van der Waals surface area contributed by atoms with Crippen LogP contribution >= 0.6 is 11.6 Å². The Balaban J connectivity index is 1.56. The van der Waals surface area contributed by atoms with Crippen LogP contribution in [0.2, 0.25) is 5.02 Å². The first-order chi connectivity index (χ1) is 13.4. The fourth-order valence-electron chi connectivity index (χ4n) is 3.64. The molecule has 3 rings (SSSR count). The monoisotopic (exact) mass is 399 g/mol. The number of benzene rings is 2. The number of hydrogen-bond donors (Lipinski definition) is 2. The number of piperidine rings is 1. The maximum Gasteiger partial charge on any atom is 0.238 e. The predicted octanol–water partition coefficient (Wildman–Crippen LogP) is 4.25. The van der Waals surface area contributed by atoms with E-state index in [-0.39, 0.29) is 24.3 Å². The van der Waals surface area contributed by atoms with Crippen LogP contribution in [-0.2, 0) is 9.59 Å². The fourth-order valence-corrected chi connectivity index (χ4v) is 4.00. The molecule has 0 unspecified atom stereocenters. The smallest absolute Gasteiger partial charge is 0.238 e. The molecule has 0 aromatic heterocycles. The van der Waals surface area contributed by atoms with Gasteiger partial charge >= 0.3 is 0 Å². The van der Waals surface area contributed by atoms with E-state index in [9.17, 15) is 9.59 Å². The van der Waals surface area contributed by atoms with E-state index in [0.717, 1.165) is 36.2 Å². The topological polar surface area (TPSA) is 61.4 Å². The number of nitrogens with one attached hydrogen (secondary N) is 2. The van der Waals surface area contributed by atoms with Crippen LogP contribution in [0.25, 0.3) is 0 Å². The van der Waals surface area contributed by atoms with E-state index in [1.54, 1.807) is 0 Å². The SMILES string of the molecule is Cc1cc(C)c(NC(=O)CN2CCC[C@H](C(=O)Nc3ccccc3)C2)c(Cl)c1. The molecule has 0 radical (unpaired) electrons. The predicted molar refractivity (Wildman–Crippen MR) is 114 cm³/mol. The summed E-state index contributed by atoms with van der Waals surface area (Å²) in [7, 11) is 0. The second-order valence-electron chi connectivity index (χ2n) is 7.42. The van der Waals surface area contributed by atoms with Crippen LogP contribution in [0.4, 0.5) is 11.4 Å². The van der Waals surface area contributed by atoms with E-state index in [0.29, 0.717) is 17.3 Å². The molecule has 1 aliphatic rings. The summed E-state index contributed by atoms with van der Waals surface area (Å²) < 4.78 is 0. The molecule has 1 heterocycles. The van der Waals surface area contributed by atoms with E-state index in [2.05, 4.69) is 10.6 Å². The lowest BCUT2D eigenvalue weighted by atomic mass is 9.97. The number of carbonyl (C=O) groups is 2. The molecule has 0 saturated carbocycles. The molecule has 2 N–H and O–H groups in total. The number of carbonyl (C=O) groups excluding carboxylic acids is 2. The molecular formula is C22H26ClN3O2. The van der Waals surface area contributed by atoms with E-state index < -0.39 is 0 Å². The average Bonchev–Trinajstić information content (AvgIpc) is 2.65. The lowest BCUT2D eigenvalue weighted by Crippen LogP contribution is -2.44. The first kappa shape index (κ1) is 20.4. The van der Waals surface area contributed by atoms with Crippen LogP contribution in [0.3, 0.4) is 0 Å². The summed E-state index contributed by atoms with van der Waals surface area (Å²) >= 11 is 6.28. The number of likely N-dealkylation sites (tertiary alicyclic amines) is 1. The van der Waals surface area contributed by atoms with Crippen LogP contribution in [0, 0.1) is 19.8 Å². The Morgan fingerprint density at radius 3 is 2.61 bits per heavy atom. The fraction of sp³-hybridized carbons (Fsp3) is 0.364. The quantitative estimate of drug-likeness (QED) is 0.790. The molecule has 1 atom stereocenters. The summed E-state index contributed by atoms with van der Waals surface area (Å²) in [5.41, 5.74) is 3.46. The Labute approximate surface area is 171 Å². The molecule has 2 aromatic rings. The van der Waals surface area contributed by atoms with Crippen LogP contribution in [-0.4, -0.2) is 36.3 Å². The molecule has 0 aliphatic carbocycles. The van der Waals surface area contributed by atoms with Crippen molar-refractivity contribution in [3.63, 3.8) is 0 Å². The van der Waals surface area contributed by atoms with Crippen molar-refractivity contribution in [2.24, 2.45) is 5.92 Å². The highest BCUT2D eigenvalue weighted by Crippen LogP contribution is 2.27. The zero-order chi connectivity index (χ0) is 20.1. The highest BCUT2D eigenvalue weighted by atomic mass is 35.5. The van der Waals surface area contributed by atoms with Crippen molar-refractivity contribution in [2.45, 2.75) is 26.7 Å². The van der Waals surface area contributed by atoms with Gasteiger partial charge in [-0.2, -0.15) is 0 Å². The van der Waals surface area contributed by atoms with Gasteiger partial charge in [0.25, 0.3) is 0 Å². The molecule has 5 nitrogen and oxygen atoms in total. The summed E-state index contributed by atoms with van der Waals surface area (Å²) in [4.78, 5) is 27.1. The molecular weight excluding hydrogens is 374 g/mol. The van der Waals surface area contributed by atoms with Crippen molar-refractivity contribution in [3.8, 4) is 0 Å². The van der Waals surface area contributed by atoms with E-state index in [1.807, 2.05) is 61.2 Å². The van der Waals surface area contributed by atoms with Crippen LogP contribution in [0.15, 0.2) is 42.5 Å². The number of rotatable bonds is 5. The summed E-state index contributed by atoms with van der Waals surface area (Å²) in [5, 5.41) is 6.43. The summed E-state index contributed by atoms with van der Waals surface area (Å²) in [5.74, 6) is -0.224. The van der Waals surface area contributed by atoms with Crippen LogP contribution < -0.4 is 10.6 Å². The van der Waals surface area contributed by atoms with Crippen molar-refractivity contribution in [2.75, 3.05) is 30.3 Å². The van der Waals surface area contributed by atoms with Crippen molar-refractivity contribution in [1.82, 2.24) is 4.90 Å². The molecule has 0 spiro atoms. The Bertz CT molecular complexity index is 831. The summed E-state index contributed by atoms with van der Waals surface area (Å²) in [6.45, 7) is 5.53. The Hall–Kier alpha value is -2.37. The first-order valence-corrected chi connectivity index (χ1v) is 9.95. The number of hydrogen-bond acceptors (Lipinski definition) is 3. The second kappa shape index (κ2) is 9.22. The molecule has 28 heavy (non-hydrogen) atoms. The molecule has 0 bridgehead atoms. The average molecular weight is 400 g/mol. The van der Waals surface area contributed by atoms with Crippen LogP contribution in [0.5, 0.6) is 0 Å². The third kappa shape index (κ3) is 5.33. The van der Waals surface area contributed by atoms with E-state index >= 15 is 0 Å². The van der Waals surface area contributed by atoms with Gasteiger partial charge in [-0.05, 0) is 62.6 Å². The zero-order valence-corrected chi connectivity index (χ0v) is 17.1. The number of amides is 2. The standard InChI is InChI=1S/C22H26ClN3O2/c1-15-11-16(2)21(19(23)12-15)25-20(27)14-26-10-6-7-17(13-26)22(28)24-18-8-4-3-5-9-18/h3-5,8-9,11-12,17H,6-7,10,13-14H2,1-2H3,(H,24,28)(H,25,27)/t17-/m0/s1. The molecule has 1 saturated heterocycles. The maximum absolute atomic E-state index is 12.6. The molecule has 1 fully saturated rings. The van der Waals surface area contributed by atoms with Gasteiger partial charge in [0.15, 0.2) is 0 Å². The second-order valence-corrected chi connectivity index (χ2v) is 7.82. The van der Waals surface area contributed by atoms with Gasteiger partial charge < -0.3 is 10.6 Å². The maximum atomic E-state index is 12.6. The van der Waals surface area contributed by atoms with Gasteiger partial charge in [0, 0.05) is 12.2 Å². The minimum atomic E-state index is -0.119. The number of halogens is 1. The van der Waals surface area contributed by atoms with E-state index in [4.69, 9.17) is 11.6 Å². The van der Waals surface area contributed by atoms with Gasteiger partial charge in [0.1, 0.15) is 0 Å². The first-order valence-electron chi connectivity index (χ1n) is 9.57. The minimum Gasteiger partial charge on any atom is -0.326 e. The van der Waals surface area contributed by atoms with Gasteiger partial charge in [-0.25, -0.2) is 0 Å². The van der Waals surface area contributed by atoms with Gasteiger partial charge in [-0.1, -0.05) is 35.9 Å². The number of para-hydroxylation sites is 1. The lowest BCUT2D eigenvalue weighted by molar-refractivity contribution is -0.123. The van der Waals surface area contributed by atoms with Gasteiger partial charge in [0.05, 0.1) is 23.2 Å². The molecule has 6 heteroatoms. The normalized spacial score (nSPS) is 17.2. The molecule has 148 valence electrons. The van der Waals surface area contributed by atoms with Gasteiger partial charge in [0.2, 0.25) is 11.8 Å². The Morgan fingerprint density at radius 1 is 1.14 bits per heavy atom. The van der Waals surface area contributed by atoms with Crippen LogP contribution in [0.1, 0.15) is 24.0 Å². The van der Waals surface area contributed by atoms with Gasteiger partial charge in [-0.15, -0.1) is 0 Å². The number of nitrogens with zero attached hydrogens (tertiary/aromatic N) is 1. The van der Waals surface area contributed by atoms with E-state index in [1.165, 1.54) is 0 Å². The highest BCUT2D eigenvalue weighted by molar-refractivity contribution is 6.34. The van der Waals surface area contributed by atoms with Crippen molar-refractivity contribution >= 4 is 34.8 Å². The summed E-state index contributed by atoms with van der Waals surface area (Å²) in [6.07, 6.45) is 1.73. The number of aryl methyl sites for hydroxylation is 2. The third-order valence-corrected chi connectivity index (χ3v) is 5.28. The van der Waals surface area contributed by atoms with Crippen molar-refractivity contribution in [3.05, 3.63) is 58.6 Å². The number of anilines is 2. The molecule has 2 aromatic carbocycles. The van der Waals surface area contributed by atoms with Crippen molar-refractivity contribution in [1.29, 1.82) is 0 Å². The minimum absolute atomic E-state index is 0.00808. The molecule has 2 amide bonds. The van der Waals surface area contributed by atoms with Crippen molar-refractivity contribution < 1.29 is 9.59 Å². The molecule has 1 aliphatic heterocycles.